The van der Waals surface area contributed by atoms with Crippen LogP contribution in [-0.4, -0.2) is 97.0 Å². The lowest BCUT2D eigenvalue weighted by molar-refractivity contribution is 0.139. The van der Waals surface area contributed by atoms with E-state index in [2.05, 4.69) is 49.5 Å². The molecule has 1 fully saturated rings. The average molecular weight is 393 g/mol. The quantitative estimate of drug-likeness (QED) is 0.491. The number of fused-ring (bicyclic) bond motifs is 1. The third kappa shape index (κ3) is 5.89. The first kappa shape index (κ1) is 21.0. The molecular weight excluding hydrogens is 356 g/mol. The van der Waals surface area contributed by atoms with Crippen molar-refractivity contribution in [3.05, 3.63) is 11.6 Å². The van der Waals surface area contributed by atoms with Gasteiger partial charge < -0.3 is 25.2 Å². The summed E-state index contributed by atoms with van der Waals surface area (Å²) >= 11 is 0. The van der Waals surface area contributed by atoms with E-state index in [0.29, 0.717) is 18.6 Å². The van der Waals surface area contributed by atoms with Gasteiger partial charge in [-0.25, -0.2) is 9.67 Å². The Balaban J connectivity index is 1.41. The van der Waals surface area contributed by atoms with Gasteiger partial charge >= 0.3 is 0 Å². The molecule has 9 heteroatoms. The Bertz CT molecular complexity index is 638. The smallest absolute Gasteiger partial charge is 0.191 e. The van der Waals surface area contributed by atoms with Gasteiger partial charge in [0.25, 0.3) is 0 Å². The molecule has 0 bridgehead atoms. The second-order valence-electron chi connectivity index (χ2n) is 8.10. The molecule has 2 N–H and O–H groups in total. The van der Waals surface area contributed by atoms with Gasteiger partial charge in [-0.2, -0.15) is 5.10 Å². The number of hydrogen-bond donors (Lipinski definition) is 2. The number of ether oxygens (including phenoxy) is 1. The number of nitrogens with zero attached hydrogens (tertiary/aromatic N) is 6. The molecule has 0 saturated carbocycles. The van der Waals surface area contributed by atoms with Crippen molar-refractivity contribution in [2.45, 2.75) is 39.0 Å². The first-order valence-electron chi connectivity index (χ1n) is 10.4. The summed E-state index contributed by atoms with van der Waals surface area (Å²) in [4.78, 5) is 13.9. The lowest BCUT2D eigenvalue weighted by atomic mass is 10.1. The average Bonchev–Trinajstić information content (AvgIpc) is 3.09. The number of piperazine rings is 1. The second-order valence-corrected chi connectivity index (χ2v) is 8.10. The highest BCUT2D eigenvalue weighted by molar-refractivity contribution is 5.79. The monoisotopic (exact) mass is 392 g/mol. The van der Waals surface area contributed by atoms with Crippen LogP contribution < -0.4 is 10.6 Å². The first-order chi connectivity index (χ1) is 13.6. The number of guanidine groups is 1. The van der Waals surface area contributed by atoms with Crippen molar-refractivity contribution in [3.8, 4) is 0 Å². The zero-order chi connectivity index (χ0) is 19.9. The van der Waals surface area contributed by atoms with Crippen LogP contribution in [0.2, 0.25) is 0 Å². The van der Waals surface area contributed by atoms with E-state index in [1.807, 2.05) is 11.7 Å². The molecule has 0 aromatic carbocycles. The Morgan fingerprint density at radius 1 is 1.32 bits per heavy atom. The van der Waals surface area contributed by atoms with E-state index in [1.54, 1.807) is 7.11 Å². The molecule has 9 nitrogen and oxygen atoms in total. The van der Waals surface area contributed by atoms with Gasteiger partial charge in [0.15, 0.2) is 11.8 Å². The fraction of sp³-hybridized carbons (Fsp3) is 0.842. The summed E-state index contributed by atoms with van der Waals surface area (Å²) in [5.41, 5.74) is 0. The molecule has 0 radical (unpaired) electrons. The van der Waals surface area contributed by atoms with Crippen LogP contribution in [0.3, 0.4) is 0 Å². The molecule has 0 amide bonds. The van der Waals surface area contributed by atoms with Gasteiger partial charge in [0.05, 0.1) is 6.54 Å². The van der Waals surface area contributed by atoms with E-state index >= 15 is 0 Å². The van der Waals surface area contributed by atoms with E-state index in [9.17, 15) is 0 Å². The molecule has 2 unspecified atom stereocenters. The van der Waals surface area contributed by atoms with Crippen LogP contribution in [0.4, 0.5) is 0 Å². The predicted molar refractivity (Wildman–Crippen MR) is 110 cm³/mol. The molecule has 2 atom stereocenters. The standard InChI is InChI=1S/C19H36N8O/c1-15(12-26-9-7-25(3)8-10-26)11-21-19(20-2)22-16-5-6-18-23-17(14-28-4)24-27(18)13-16/h15-16H,5-14H2,1-4H3,(H2,20,21,22). The lowest BCUT2D eigenvalue weighted by Gasteiger charge is -2.34. The van der Waals surface area contributed by atoms with E-state index in [-0.39, 0.29) is 0 Å². The number of aryl methyl sites for hydroxylation is 1. The maximum Gasteiger partial charge on any atom is 0.191 e. The topological polar surface area (TPSA) is 82.8 Å². The predicted octanol–water partition coefficient (Wildman–Crippen LogP) is -0.212. The molecule has 3 rings (SSSR count). The number of likely N-dealkylation sites (N-methyl/N-ethyl adjacent to an activating group) is 1. The zero-order valence-corrected chi connectivity index (χ0v) is 17.8. The molecule has 28 heavy (non-hydrogen) atoms. The van der Waals surface area contributed by atoms with Gasteiger partial charge in [-0.05, 0) is 19.4 Å². The largest absolute Gasteiger partial charge is 0.377 e. The van der Waals surface area contributed by atoms with Crippen LogP contribution in [0.1, 0.15) is 25.0 Å². The molecule has 0 spiro atoms. The van der Waals surface area contributed by atoms with Gasteiger partial charge in [0.1, 0.15) is 12.4 Å². The normalized spacial score (nSPS) is 22.7. The van der Waals surface area contributed by atoms with Crippen molar-refractivity contribution in [1.29, 1.82) is 0 Å². The lowest BCUT2D eigenvalue weighted by Crippen LogP contribution is -2.49. The molecule has 1 aromatic heterocycles. The number of rotatable bonds is 7. The Hall–Kier alpha value is -1.71. The molecule has 0 aliphatic carbocycles. The van der Waals surface area contributed by atoms with Crippen LogP contribution >= 0.6 is 0 Å². The van der Waals surface area contributed by atoms with Crippen molar-refractivity contribution in [2.75, 3.05) is 60.5 Å². The SMILES string of the molecule is CN=C(NCC(C)CN1CCN(C)CC1)NC1CCc2nc(COC)nn2C1. The Labute approximate surface area is 168 Å². The van der Waals surface area contributed by atoms with Gasteiger partial charge in [0, 0.05) is 65.9 Å². The van der Waals surface area contributed by atoms with Gasteiger partial charge in [0.2, 0.25) is 0 Å². The van der Waals surface area contributed by atoms with Gasteiger partial charge in [-0.3, -0.25) is 4.99 Å². The second kappa shape index (κ2) is 10.2. The van der Waals surface area contributed by atoms with Crippen molar-refractivity contribution in [3.63, 3.8) is 0 Å². The summed E-state index contributed by atoms with van der Waals surface area (Å²) in [7, 11) is 5.70. The number of aliphatic imine (C=N–C) groups is 1. The molecule has 2 aliphatic rings. The number of nitrogens with one attached hydrogen (secondary N) is 2. The number of methoxy groups -OCH3 is 1. The zero-order valence-electron chi connectivity index (χ0n) is 17.8. The van der Waals surface area contributed by atoms with Crippen molar-refractivity contribution < 1.29 is 4.74 Å². The maximum absolute atomic E-state index is 5.14. The molecule has 2 aliphatic heterocycles. The van der Waals surface area contributed by atoms with Crippen LogP contribution in [0, 0.1) is 5.92 Å². The minimum atomic E-state index is 0.309. The number of aromatic nitrogens is 3. The highest BCUT2D eigenvalue weighted by Gasteiger charge is 2.22. The fourth-order valence-corrected chi connectivity index (χ4v) is 3.86. The number of hydrogen-bond acceptors (Lipinski definition) is 6. The van der Waals surface area contributed by atoms with Crippen LogP contribution in [0.15, 0.2) is 4.99 Å². The summed E-state index contributed by atoms with van der Waals surface area (Å²) in [5.74, 6) is 3.26. The summed E-state index contributed by atoms with van der Waals surface area (Å²) < 4.78 is 7.14. The van der Waals surface area contributed by atoms with Gasteiger partial charge in [-0.1, -0.05) is 6.92 Å². The summed E-state index contributed by atoms with van der Waals surface area (Å²) in [5, 5.41) is 11.6. The highest BCUT2D eigenvalue weighted by Crippen LogP contribution is 2.13. The van der Waals surface area contributed by atoms with E-state index in [4.69, 9.17) is 4.74 Å². The van der Waals surface area contributed by atoms with Crippen LogP contribution in [0.25, 0.3) is 0 Å². The Morgan fingerprint density at radius 3 is 2.82 bits per heavy atom. The molecule has 158 valence electrons. The Morgan fingerprint density at radius 2 is 2.11 bits per heavy atom. The fourth-order valence-electron chi connectivity index (χ4n) is 3.86. The molecular formula is C19H36N8O. The highest BCUT2D eigenvalue weighted by atomic mass is 16.5. The molecule has 1 saturated heterocycles. The Kier molecular flexibility index (Phi) is 7.64. The van der Waals surface area contributed by atoms with E-state index < -0.39 is 0 Å². The minimum absolute atomic E-state index is 0.309. The summed E-state index contributed by atoms with van der Waals surface area (Å²) in [6, 6.07) is 0.309. The first-order valence-corrected chi connectivity index (χ1v) is 10.4. The van der Waals surface area contributed by atoms with E-state index in [1.165, 1.54) is 26.2 Å². The summed E-state index contributed by atoms with van der Waals surface area (Å²) in [6.07, 6.45) is 1.95. The maximum atomic E-state index is 5.14. The summed E-state index contributed by atoms with van der Waals surface area (Å²) in [6.45, 7) is 10.3. The van der Waals surface area contributed by atoms with Crippen molar-refractivity contribution in [2.24, 2.45) is 10.9 Å². The molecule has 1 aromatic rings. The third-order valence-corrected chi connectivity index (χ3v) is 5.52. The molecule has 3 heterocycles. The van der Waals surface area contributed by atoms with Gasteiger partial charge in [-0.15, -0.1) is 0 Å². The van der Waals surface area contributed by atoms with Crippen molar-refractivity contribution >= 4 is 5.96 Å². The van der Waals surface area contributed by atoms with Crippen molar-refractivity contribution in [1.82, 2.24) is 35.2 Å². The van der Waals surface area contributed by atoms with Crippen LogP contribution in [-0.2, 0) is 24.3 Å². The third-order valence-electron chi connectivity index (χ3n) is 5.52. The van der Waals surface area contributed by atoms with Crippen LogP contribution in [0.5, 0.6) is 0 Å². The van der Waals surface area contributed by atoms with E-state index in [0.717, 1.165) is 50.1 Å². The minimum Gasteiger partial charge on any atom is -0.377 e.